The summed E-state index contributed by atoms with van der Waals surface area (Å²) in [5, 5.41) is 1.96. The zero-order valence-electron chi connectivity index (χ0n) is 11.2. The minimum Gasteiger partial charge on any atom is -0.456 e. The summed E-state index contributed by atoms with van der Waals surface area (Å²) in [6.45, 7) is 10.1. The Balaban J connectivity index is 2.33. The molecule has 0 atom stereocenters. The van der Waals surface area contributed by atoms with Crippen molar-refractivity contribution in [1.29, 1.82) is 0 Å². The average Bonchev–Trinajstić information content (AvgIpc) is 2.65. The van der Waals surface area contributed by atoms with E-state index >= 15 is 0 Å². The van der Waals surface area contributed by atoms with E-state index < -0.39 is 5.60 Å². The molecule has 0 amide bonds. The topological polar surface area (TPSA) is 26.3 Å². The van der Waals surface area contributed by atoms with Crippen LogP contribution in [0.15, 0.2) is 5.38 Å². The number of carbonyl (C=O) groups excluding carboxylic acids is 1. The molecule has 2 nitrogen and oxygen atoms in total. The zero-order valence-corrected chi connectivity index (χ0v) is 12.0. The Bertz CT molecular complexity index is 449. The van der Waals surface area contributed by atoms with Crippen molar-refractivity contribution in [3.8, 4) is 0 Å². The first-order valence-corrected chi connectivity index (χ1v) is 6.93. The molecule has 94 valence electrons. The molecule has 1 heterocycles. The highest BCUT2D eigenvalue weighted by Gasteiger charge is 2.36. The van der Waals surface area contributed by atoms with Crippen molar-refractivity contribution in [2.45, 2.75) is 58.5 Å². The quantitative estimate of drug-likeness (QED) is 0.708. The lowest BCUT2D eigenvalue weighted by molar-refractivity contribution is 0.00677. The molecule has 0 aliphatic heterocycles. The van der Waals surface area contributed by atoms with Gasteiger partial charge in [-0.25, -0.2) is 4.79 Å². The largest absolute Gasteiger partial charge is 0.456 e. The van der Waals surface area contributed by atoms with Gasteiger partial charge in [0.1, 0.15) is 5.60 Å². The van der Waals surface area contributed by atoms with E-state index in [1.165, 1.54) is 10.4 Å². The molecular formula is C14H20O2S. The third-order valence-corrected chi connectivity index (χ3v) is 4.19. The number of hydrogen-bond acceptors (Lipinski definition) is 3. The van der Waals surface area contributed by atoms with Crippen molar-refractivity contribution in [2.24, 2.45) is 0 Å². The molecular weight excluding hydrogens is 232 g/mol. The van der Waals surface area contributed by atoms with Crippen molar-refractivity contribution >= 4 is 17.3 Å². The van der Waals surface area contributed by atoms with Gasteiger partial charge in [0.2, 0.25) is 0 Å². The van der Waals surface area contributed by atoms with Crippen molar-refractivity contribution in [3.05, 3.63) is 21.4 Å². The summed E-state index contributed by atoms with van der Waals surface area (Å²) in [5.74, 6) is -0.176. The summed E-state index contributed by atoms with van der Waals surface area (Å²) in [5.41, 5.74) is 1.69. The van der Waals surface area contributed by atoms with Gasteiger partial charge in [-0.15, -0.1) is 11.3 Å². The summed E-state index contributed by atoms with van der Waals surface area (Å²) >= 11 is 1.69. The third-order valence-electron chi connectivity index (χ3n) is 3.14. The number of aryl methyl sites for hydroxylation is 1. The first-order valence-electron chi connectivity index (χ1n) is 6.05. The molecule has 1 aliphatic carbocycles. The Morgan fingerprint density at radius 3 is 2.65 bits per heavy atom. The van der Waals surface area contributed by atoms with Crippen LogP contribution in [0.3, 0.4) is 0 Å². The van der Waals surface area contributed by atoms with Gasteiger partial charge in [-0.05, 0) is 44.6 Å². The van der Waals surface area contributed by atoms with Crippen LogP contribution >= 0.6 is 11.3 Å². The molecule has 0 spiro atoms. The van der Waals surface area contributed by atoms with Crippen LogP contribution in [0.4, 0.5) is 0 Å². The Morgan fingerprint density at radius 2 is 2.06 bits per heavy atom. The summed E-state index contributed by atoms with van der Waals surface area (Å²) in [4.78, 5) is 13.5. The molecule has 17 heavy (non-hydrogen) atoms. The van der Waals surface area contributed by atoms with Gasteiger partial charge in [0.05, 0.1) is 5.56 Å². The summed E-state index contributed by atoms with van der Waals surface area (Å²) < 4.78 is 5.47. The molecule has 1 aromatic rings. The van der Waals surface area contributed by atoms with Crippen LogP contribution in [0, 0.1) is 0 Å². The number of esters is 1. The molecule has 1 aliphatic rings. The maximum absolute atomic E-state index is 12.2. The highest BCUT2D eigenvalue weighted by Crippen LogP contribution is 2.44. The number of ether oxygens (including phenoxy) is 1. The molecule has 2 rings (SSSR count). The zero-order chi connectivity index (χ0) is 12.8. The van der Waals surface area contributed by atoms with Gasteiger partial charge in [0, 0.05) is 10.3 Å². The number of fused-ring (bicyclic) bond motifs is 1. The fraction of sp³-hybridized carbons (Fsp3) is 0.643. The number of rotatable bonds is 1. The standard InChI is InChI=1S/C14H20O2S/c1-13(2,3)16-12(15)9-8-17-10-6-7-14(4,5)11(9)10/h8H,6-7H2,1-5H3. The highest BCUT2D eigenvalue weighted by molar-refractivity contribution is 7.10. The van der Waals surface area contributed by atoms with Crippen LogP contribution in [0.5, 0.6) is 0 Å². The van der Waals surface area contributed by atoms with E-state index in [4.69, 9.17) is 4.74 Å². The summed E-state index contributed by atoms with van der Waals surface area (Å²) in [7, 11) is 0. The average molecular weight is 252 g/mol. The summed E-state index contributed by atoms with van der Waals surface area (Å²) in [6, 6.07) is 0. The molecule has 0 unspecified atom stereocenters. The summed E-state index contributed by atoms with van der Waals surface area (Å²) in [6.07, 6.45) is 2.22. The minimum atomic E-state index is -0.422. The van der Waals surface area contributed by atoms with E-state index in [9.17, 15) is 4.79 Å². The van der Waals surface area contributed by atoms with E-state index in [2.05, 4.69) is 13.8 Å². The monoisotopic (exact) mass is 252 g/mol. The lowest BCUT2D eigenvalue weighted by Gasteiger charge is -2.23. The van der Waals surface area contributed by atoms with E-state index in [-0.39, 0.29) is 11.4 Å². The molecule has 0 bridgehead atoms. The van der Waals surface area contributed by atoms with Gasteiger partial charge in [0.25, 0.3) is 0 Å². The molecule has 0 saturated carbocycles. The second kappa shape index (κ2) is 3.84. The Kier molecular flexibility index (Phi) is 2.85. The molecule has 0 fully saturated rings. The van der Waals surface area contributed by atoms with Crippen molar-refractivity contribution in [2.75, 3.05) is 0 Å². The number of thiophene rings is 1. The van der Waals surface area contributed by atoms with Crippen molar-refractivity contribution in [3.63, 3.8) is 0 Å². The van der Waals surface area contributed by atoms with Gasteiger partial charge < -0.3 is 4.74 Å². The van der Waals surface area contributed by atoms with Crippen LogP contribution < -0.4 is 0 Å². The van der Waals surface area contributed by atoms with Gasteiger partial charge in [-0.1, -0.05) is 13.8 Å². The Labute approximate surface area is 107 Å². The predicted octanol–water partition coefficient (Wildman–Crippen LogP) is 3.93. The Morgan fingerprint density at radius 1 is 1.41 bits per heavy atom. The van der Waals surface area contributed by atoms with Gasteiger partial charge in [-0.2, -0.15) is 0 Å². The van der Waals surface area contributed by atoms with E-state index in [0.29, 0.717) is 0 Å². The predicted molar refractivity (Wildman–Crippen MR) is 70.8 cm³/mol. The molecule has 0 aromatic carbocycles. The van der Waals surface area contributed by atoms with E-state index in [1.807, 2.05) is 26.2 Å². The Hall–Kier alpha value is -0.830. The van der Waals surface area contributed by atoms with Crippen LogP contribution in [0.1, 0.15) is 61.8 Å². The first-order chi connectivity index (χ1) is 7.71. The second-order valence-corrected chi connectivity index (χ2v) is 7.30. The lowest BCUT2D eigenvalue weighted by atomic mass is 9.85. The number of hydrogen-bond donors (Lipinski definition) is 0. The lowest BCUT2D eigenvalue weighted by Crippen LogP contribution is -2.25. The molecule has 3 heteroatoms. The fourth-order valence-electron chi connectivity index (χ4n) is 2.36. The van der Waals surface area contributed by atoms with Crippen LogP contribution in [-0.2, 0) is 16.6 Å². The molecule has 0 radical (unpaired) electrons. The van der Waals surface area contributed by atoms with Crippen LogP contribution in [-0.4, -0.2) is 11.6 Å². The first kappa shape index (κ1) is 12.6. The second-order valence-electron chi connectivity index (χ2n) is 6.33. The maximum Gasteiger partial charge on any atom is 0.339 e. The fourth-order valence-corrected chi connectivity index (χ4v) is 3.56. The van der Waals surface area contributed by atoms with E-state index in [0.717, 1.165) is 18.4 Å². The number of carbonyl (C=O) groups is 1. The normalized spacial score (nSPS) is 17.9. The van der Waals surface area contributed by atoms with Crippen LogP contribution in [0.25, 0.3) is 0 Å². The maximum atomic E-state index is 12.2. The smallest absolute Gasteiger partial charge is 0.339 e. The van der Waals surface area contributed by atoms with Gasteiger partial charge >= 0.3 is 5.97 Å². The minimum absolute atomic E-state index is 0.113. The SMILES string of the molecule is CC(C)(C)OC(=O)c1csc2c1C(C)(C)CC2. The highest BCUT2D eigenvalue weighted by atomic mass is 32.1. The third kappa shape index (κ3) is 2.39. The molecule has 0 saturated heterocycles. The molecule has 1 aromatic heterocycles. The van der Waals surface area contributed by atoms with Gasteiger partial charge in [-0.3, -0.25) is 0 Å². The molecule has 0 N–H and O–H groups in total. The van der Waals surface area contributed by atoms with Crippen molar-refractivity contribution < 1.29 is 9.53 Å². The van der Waals surface area contributed by atoms with Crippen LogP contribution in [0.2, 0.25) is 0 Å². The van der Waals surface area contributed by atoms with E-state index in [1.54, 1.807) is 11.3 Å². The van der Waals surface area contributed by atoms with Gasteiger partial charge in [0.15, 0.2) is 0 Å². The van der Waals surface area contributed by atoms with Crippen molar-refractivity contribution in [1.82, 2.24) is 0 Å².